The summed E-state index contributed by atoms with van der Waals surface area (Å²) in [5.41, 5.74) is 3.38. The van der Waals surface area contributed by atoms with Crippen LogP contribution in [-0.4, -0.2) is 35.0 Å². The number of carboxylic acid groups (broad SMARTS) is 1. The Morgan fingerprint density at radius 2 is 1.88 bits per heavy atom. The molecule has 3 rings (SSSR count). The zero-order chi connectivity index (χ0) is 17.1. The van der Waals surface area contributed by atoms with Gasteiger partial charge in [-0.25, -0.2) is 4.79 Å². The second kappa shape index (κ2) is 6.74. The van der Waals surface area contributed by atoms with E-state index in [1.165, 1.54) is 0 Å². The Hall–Kier alpha value is -2.82. The third-order valence-corrected chi connectivity index (χ3v) is 4.20. The van der Waals surface area contributed by atoms with Crippen molar-refractivity contribution in [1.29, 1.82) is 0 Å². The summed E-state index contributed by atoms with van der Waals surface area (Å²) in [6, 6.07) is 12.6. The highest BCUT2D eigenvalue weighted by Gasteiger charge is 2.22. The molecule has 24 heavy (non-hydrogen) atoms. The molecule has 0 saturated heterocycles. The summed E-state index contributed by atoms with van der Waals surface area (Å²) in [5.74, 6) is -0.384. The predicted molar refractivity (Wildman–Crippen MR) is 89.2 cm³/mol. The van der Waals surface area contributed by atoms with E-state index < -0.39 is 5.97 Å². The maximum absolute atomic E-state index is 12.4. The third kappa shape index (κ3) is 3.56. The lowest BCUT2D eigenvalue weighted by molar-refractivity contribution is -0.134. The average molecular weight is 325 g/mol. The molecule has 0 spiro atoms. The van der Waals surface area contributed by atoms with E-state index >= 15 is 0 Å². The number of fused-ring (bicyclic) bond motifs is 1. The minimum atomic E-state index is -0.955. The van der Waals surface area contributed by atoms with E-state index in [4.69, 9.17) is 9.84 Å². The number of carbonyl (C=O) groups is 2. The lowest BCUT2D eigenvalue weighted by atomic mass is 9.97. The fourth-order valence-electron chi connectivity index (χ4n) is 2.77. The van der Waals surface area contributed by atoms with Gasteiger partial charge in [0.2, 0.25) is 0 Å². The van der Waals surface area contributed by atoms with Gasteiger partial charge in [-0.3, -0.25) is 4.79 Å². The molecule has 0 saturated carbocycles. The molecule has 5 nitrogen and oxygen atoms in total. The number of rotatable bonds is 4. The second-order valence-electron chi connectivity index (χ2n) is 5.96. The largest absolute Gasteiger partial charge is 0.484 e. The molecular weight excluding hydrogens is 306 g/mol. The lowest BCUT2D eigenvalue weighted by Crippen LogP contribution is -2.38. The standard InChI is InChI=1S/C19H19NO4/c1-13-2-6-17(7-3-13)24-12-18(21)20-9-8-14-4-5-15(19(22)23)10-16(14)11-20/h2-7,10H,8-9,11-12H2,1H3,(H,22,23). The number of ether oxygens (including phenoxy) is 1. The molecule has 1 N–H and O–H groups in total. The Morgan fingerprint density at radius 3 is 2.58 bits per heavy atom. The number of hydrogen-bond donors (Lipinski definition) is 1. The van der Waals surface area contributed by atoms with Crippen LogP contribution in [0.1, 0.15) is 27.0 Å². The van der Waals surface area contributed by atoms with Crippen LogP contribution in [0.3, 0.4) is 0 Å². The number of benzene rings is 2. The van der Waals surface area contributed by atoms with E-state index in [0.29, 0.717) is 18.8 Å². The SMILES string of the molecule is Cc1ccc(OCC(=O)N2CCc3ccc(C(=O)O)cc3C2)cc1. The van der Waals surface area contributed by atoms with Gasteiger partial charge in [0.15, 0.2) is 6.61 Å². The molecule has 124 valence electrons. The van der Waals surface area contributed by atoms with Crippen molar-refractivity contribution in [2.45, 2.75) is 19.9 Å². The summed E-state index contributed by atoms with van der Waals surface area (Å²) < 4.78 is 5.54. The first-order valence-corrected chi connectivity index (χ1v) is 7.85. The molecule has 5 heteroatoms. The first kappa shape index (κ1) is 16.1. The smallest absolute Gasteiger partial charge is 0.335 e. The van der Waals surface area contributed by atoms with Crippen molar-refractivity contribution < 1.29 is 19.4 Å². The maximum atomic E-state index is 12.4. The number of hydrogen-bond acceptors (Lipinski definition) is 3. The number of nitrogens with zero attached hydrogens (tertiary/aromatic N) is 1. The van der Waals surface area contributed by atoms with Gasteiger partial charge in [0.05, 0.1) is 5.56 Å². The first-order chi connectivity index (χ1) is 11.5. The van der Waals surface area contributed by atoms with E-state index in [2.05, 4.69) is 0 Å². The lowest BCUT2D eigenvalue weighted by Gasteiger charge is -2.29. The molecule has 1 amide bonds. The van der Waals surface area contributed by atoms with Crippen molar-refractivity contribution in [2.24, 2.45) is 0 Å². The second-order valence-corrected chi connectivity index (χ2v) is 5.96. The summed E-state index contributed by atoms with van der Waals surface area (Å²) in [4.78, 5) is 25.1. The molecule has 0 unspecified atom stereocenters. The van der Waals surface area contributed by atoms with Gasteiger partial charge in [-0.15, -0.1) is 0 Å². The zero-order valence-electron chi connectivity index (χ0n) is 13.5. The summed E-state index contributed by atoms with van der Waals surface area (Å²) in [7, 11) is 0. The zero-order valence-corrected chi connectivity index (χ0v) is 13.5. The Labute approximate surface area is 140 Å². The fourth-order valence-corrected chi connectivity index (χ4v) is 2.77. The molecule has 1 aliphatic heterocycles. The molecule has 1 aliphatic rings. The summed E-state index contributed by atoms with van der Waals surface area (Å²) in [5, 5.41) is 9.09. The molecule has 1 heterocycles. The highest BCUT2D eigenvalue weighted by Crippen LogP contribution is 2.21. The maximum Gasteiger partial charge on any atom is 0.335 e. The number of carbonyl (C=O) groups excluding carboxylic acids is 1. The van der Waals surface area contributed by atoms with Crippen LogP contribution in [0.4, 0.5) is 0 Å². The van der Waals surface area contributed by atoms with Crippen LogP contribution in [0.15, 0.2) is 42.5 Å². The van der Waals surface area contributed by atoms with Crippen molar-refractivity contribution in [3.63, 3.8) is 0 Å². The van der Waals surface area contributed by atoms with E-state index in [1.807, 2.05) is 37.3 Å². The highest BCUT2D eigenvalue weighted by atomic mass is 16.5. The van der Waals surface area contributed by atoms with Crippen LogP contribution in [0.25, 0.3) is 0 Å². The van der Waals surface area contributed by atoms with E-state index in [-0.39, 0.29) is 18.1 Å². The van der Waals surface area contributed by atoms with Gasteiger partial charge in [-0.2, -0.15) is 0 Å². The van der Waals surface area contributed by atoms with Crippen molar-refractivity contribution >= 4 is 11.9 Å². The van der Waals surface area contributed by atoms with Crippen LogP contribution in [0, 0.1) is 6.92 Å². The minimum absolute atomic E-state index is 0.0168. The Bertz CT molecular complexity index is 767. The molecule has 0 aliphatic carbocycles. The highest BCUT2D eigenvalue weighted by molar-refractivity contribution is 5.88. The topological polar surface area (TPSA) is 66.8 Å². The van der Waals surface area contributed by atoms with Crippen molar-refractivity contribution in [1.82, 2.24) is 4.90 Å². The van der Waals surface area contributed by atoms with Crippen molar-refractivity contribution in [2.75, 3.05) is 13.2 Å². The molecule has 0 atom stereocenters. The van der Waals surface area contributed by atoms with Gasteiger partial charge in [0, 0.05) is 13.1 Å². The van der Waals surface area contributed by atoms with Gasteiger partial charge in [0.1, 0.15) is 5.75 Å². The van der Waals surface area contributed by atoms with Gasteiger partial charge in [-0.05, 0) is 48.7 Å². The molecule has 0 radical (unpaired) electrons. The molecule has 0 aromatic heterocycles. The van der Waals surface area contributed by atoms with Gasteiger partial charge in [0.25, 0.3) is 5.91 Å². The van der Waals surface area contributed by atoms with E-state index in [0.717, 1.165) is 23.1 Å². The normalized spacial score (nSPS) is 13.3. The Morgan fingerprint density at radius 1 is 1.12 bits per heavy atom. The van der Waals surface area contributed by atoms with E-state index in [9.17, 15) is 9.59 Å². The number of carboxylic acids is 1. The van der Waals surface area contributed by atoms with Crippen molar-refractivity contribution in [3.05, 3.63) is 64.7 Å². The Kier molecular flexibility index (Phi) is 4.51. The molecule has 0 bridgehead atoms. The van der Waals surface area contributed by atoms with Gasteiger partial charge in [-0.1, -0.05) is 23.8 Å². The van der Waals surface area contributed by atoms with Crippen LogP contribution in [0.5, 0.6) is 5.75 Å². The summed E-state index contributed by atoms with van der Waals surface area (Å²) in [6.07, 6.45) is 0.728. The van der Waals surface area contributed by atoms with Crippen LogP contribution in [0.2, 0.25) is 0 Å². The van der Waals surface area contributed by atoms with Crippen LogP contribution in [-0.2, 0) is 17.8 Å². The van der Waals surface area contributed by atoms with E-state index in [1.54, 1.807) is 17.0 Å². The molecule has 0 fully saturated rings. The third-order valence-electron chi connectivity index (χ3n) is 4.20. The van der Waals surface area contributed by atoms with Crippen molar-refractivity contribution in [3.8, 4) is 5.75 Å². The summed E-state index contributed by atoms with van der Waals surface area (Å²) >= 11 is 0. The number of amides is 1. The summed E-state index contributed by atoms with van der Waals surface area (Å²) in [6.45, 7) is 3.02. The fraction of sp³-hybridized carbons (Fsp3) is 0.263. The molecular formula is C19H19NO4. The quantitative estimate of drug-likeness (QED) is 0.938. The number of aryl methyl sites for hydroxylation is 1. The first-order valence-electron chi connectivity index (χ1n) is 7.85. The van der Waals surface area contributed by atoms with Crippen LogP contribution >= 0.6 is 0 Å². The minimum Gasteiger partial charge on any atom is -0.484 e. The molecule has 2 aromatic carbocycles. The molecule has 2 aromatic rings. The average Bonchev–Trinajstić information content (AvgIpc) is 2.60. The van der Waals surface area contributed by atoms with Gasteiger partial charge >= 0.3 is 5.97 Å². The van der Waals surface area contributed by atoms with Gasteiger partial charge < -0.3 is 14.7 Å². The van der Waals surface area contributed by atoms with Crippen LogP contribution < -0.4 is 4.74 Å². The monoisotopic (exact) mass is 325 g/mol. The number of aromatic carboxylic acids is 1. The Balaban J connectivity index is 1.63. The predicted octanol–water partition coefficient (Wildman–Crippen LogP) is 2.66.